The molecule has 4 heteroatoms. The minimum Gasteiger partial charge on any atom is -0.310 e. The number of nitrogens with zero attached hydrogens (tertiary/aromatic N) is 2. The van der Waals surface area contributed by atoms with Crippen molar-refractivity contribution in [2.24, 2.45) is 0 Å². The topological polar surface area (TPSA) is 6.48 Å². The van der Waals surface area contributed by atoms with Crippen LogP contribution in [0.5, 0.6) is 0 Å². The second-order valence-corrected chi connectivity index (χ2v) is 23.9. The lowest BCUT2D eigenvalue weighted by atomic mass is 9.82. The van der Waals surface area contributed by atoms with Gasteiger partial charge in [-0.05, 0) is 175 Å². The van der Waals surface area contributed by atoms with Gasteiger partial charge in [0.1, 0.15) is 0 Å². The predicted octanol–water partition coefficient (Wildman–Crippen LogP) is 21.7. The fraction of sp³-hybridized carbons (Fsp3) is 0.0811. The van der Waals surface area contributed by atoms with E-state index in [4.69, 9.17) is 0 Å². The van der Waals surface area contributed by atoms with Gasteiger partial charge in [-0.1, -0.05) is 198 Å². The first-order chi connectivity index (χ1) is 38.2. The highest BCUT2D eigenvalue weighted by atomic mass is 32.1. The van der Waals surface area contributed by atoms with Gasteiger partial charge < -0.3 is 9.80 Å². The molecule has 2 aliphatic carbocycles. The molecule has 2 aromatic heterocycles. The van der Waals surface area contributed by atoms with E-state index in [0.717, 1.165) is 45.3 Å². The third kappa shape index (κ3) is 8.23. The molecule has 0 aliphatic heterocycles. The molecule has 12 aromatic rings. The first kappa shape index (κ1) is 47.6. The molecule has 0 saturated carbocycles. The summed E-state index contributed by atoms with van der Waals surface area (Å²) in [7, 11) is 0. The number of benzene rings is 10. The quantitative estimate of drug-likeness (QED) is 0.127. The third-order valence-electron chi connectivity index (χ3n) is 16.4. The molecule has 14 rings (SSSR count). The van der Waals surface area contributed by atoms with Gasteiger partial charge in [-0.3, -0.25) is 0 Å². The van der Waals surface area contributed by atoms with Crippen LogP contribution in [0.2, 0.25) is 0 Å². The van der Waals surface area contributed by atoms with Gasteiger partial charge in [0.25, 0.3) is 0 Å². The summed E-state index contributed by atoms with van der Waals surface area (Å²) in [5.41, 5.74) is 24.5. The molecule has 0 fully saturated rings. The van der Waals surface area contributed by atoms with Crippen LogP contribution < -0.4 is 9.80 Å². The monoisotopic (exact) mass is 1040 g/mol. The SMILES string of the molecule is CC1(C)c2ccccc2-c2ccc(N(c3ccc(-c4ccc(N(c5ccc(-c6ccc(-c7ccccc7)s6)cc5)c5ccc6c(c5)C(C)(C)c5ccccc5-6)cc4)cc3)c3ccc(-c4ccc(-c5ccccc5)s4)cc3)cc21. The van der Waals surface area contributed by atoms with E-state index < -0.39 is 0 Å². The van der Waals surface area contributed by atoms with Crippen LogP contribution in [0, 0.1) is 0 Å². The maximum absolute atomic E-state index is 2.42. The zero-order valence-electron chi connectivity index (χ0n) is 44.1. The summed E-state index contributed by atoms with van der Waals surface area (Å²) >= 11 is 3.68. The Kier molecular flexibility index (Phi) is 11.6. The summed E-state index contributed by atoms with van der Waals surface area (Å²) in [4.78, 5) is 9.90. The number of hydrogen-bond acceptors (Lipinski definition) is 4. The molecule has 0 amide bonds. The fourth-order valence-electron chi connectivity index (χ4n) is 12.2. The Balaban J connectivity index is 0.802. The summed E-state index contributed by atoms with van der Waals surface area (Å²) in [5.74, 6) is 0. The maximum atomic E-state index is 2.42. The van der Waals surface area contributed by atoms with E-state index in [1.54, 1.807) is 0 Å². The summed E-state index contributed by atoms with van der Waals surface area (Å²) in [6.45, 7) is 9.44. The molecule has 0 atom stereocenters. The zero-order chi connectivity index (χ0) is 52.5. The van der Waals surface area contributed by atoms with E-state index in [0.29, 0.717) is 0 Å². The molecule has 0 radical (unpaired) electrons. The lowest BCUT2D eigenvalue weighted by Crippen LogP contribution is -2.16. The number of thiophene rings is 2. The van der Waals surface area contributed by atoms with Crippen molar-refractivity contribution in [2.75, 3.05) is 9.80 Å². The van der Waals surface area contributed by atoms with Crippen molar-refractivity contribution in [3.63, 3.8) is 0 Å². The molecule has 0 spiro atoms. The molecule has 374 valence electrons. The Hall–Kier alpha value is -8.80. The number of hydrogen-bond donors (Lipinski definition) is 0. The van der Waals surface area contributed by atoms with E-state index in [9.17, 15) is 0 Å². The van der Waals surface area contributed by atoms with E-state index in [1.165, 1.54) is 86.3 Å². The van der Waals surface area contributed by atoms with E-state index in [2.05, 4.69) is 304 Å². The van der Waals surface area contributed by atoms with Gasteiger partial charge in [0.05, 0.1) is 0 Å². The van der Waals surface area contributed by atoms with E-state index >= 15 is 0 Å². The minimum absolute atomic E-state index is 0.123. The molecule has 0 N–H and O–H groups in total. The molecule has 2 nitrogen and oxygen atoms in total. The van der Waals surface area contributed by atoms with Crippen LogP contribution in [0.3, 0.4) is 0 Å². The van der Waals surface area contributed by atoms with Gasteiger partial charge in [-0.15, -0.1) is 22.7 Å². The maximum Gasteiger partial charge on any atom is 0.0465 e. The van der Waals surface area contributed by atoms with Crippen molar-refractivity contribution in [3.8, 4) is 75.1 Å². The fourth-order valence-corrected chi connectivity index (χ4v) is 14.2. The molecular formula is C74H56N2S2. The van der Waals surface area contributed by atoms with Crippen LogP contribution in [0.4, 0.5) is 34.1 Å². The van der Waals surface area contributed by atoms with Gasteiger partial charge in [0, 0.05) is 64.5 Å². The zero-order valence-corrected chi connectivity index (χ0v) is 45.7. The Bertz CT molecular complexity index is 3890. The molecular weight excluding hydrogens is 981 g/mol. The largest absolute Gasteiger partial charge is 0.310 e. The molecule has 0 saturated heterocycles. The first-order valence-electron chi connectivity index (χ1n) is 27.0. The van der Waals surface area contributed by atoms with Crippen LogP contribution in [0.25, 0.3) is 75.1 Å². The predicted molar refractivity (Wildman–Crippen MR) is 334 cm³/mol. The Morgan fingerprint density at radius 2 is 0.500 bits per heavy atom. The Labute approximate surface area is 466 Å². The van der Waals surface area contributed by atoms with Crippen LogP contribution in [-0.2, 0) is 10.8 Å². The highest BCUT2D eigenvalue weighted by molar-refractivity contribution is 7.19. The van der Waals surface area contributed by atoms with E-state index in [1.807, 2.05) is 22.7 Å². The smallest absolute Gasteiger partial charge is 0.0465 e. The molecule has 2 heterocycles. The summed E-state index contributed by atoms with van der Waals surface area (Å²) < 4.78 is 0. The second kappa shape index (κ2) is 19.0. The van der Waals surface area contributed by atoms with Crippen LogP contribution >= 0.6 is 22.7 Å². The van der Waals surface area contributed by atoms with Gasteiger partial charge in [0.15, 0.2) is 0 Å². The van der Waals surface area contributed by atoms with Crippen molar-refractivity contribution in [2.45, 2.75) is 38.5 Å². The summed E-state index contributed by atoms with van der Waals surface area (Å²) in [6.07, 6.45) is 0. The van der Waals surface area contributed by atoms with Crippen molar-refractivity contribution < 1.29 is 0 Å². The molecule has 0 unspecified atom stereocenters. The number of rotatable bonds is 11. The highest BCUT2D eigenvalue weighted by Gasteiger charge is 2.37. The van der Waals surface area contributed by atoms with Gasteiger partial charge in [-0.25, -0.2) is 0 Å². The lowest BCUT2D eigenvalue weighted by molar-refractivity contribution is 0.660. The lowest BCUT2D eigenvalue weighted by Gasteiger charge is -2.29. The van der Waals surface area contributed by atoms with Crippen molar-refractivity contribution >= 4 is 56.8 Å². The van der Waals surface area contributed by atoms with Gasteiger partial charge in [-0.2, -0.15) is 0 Å². The highest BCUT2D eigenvalue weighted by Crippen LogP contribution is 2.53. The molecule has 10 aromatic carbocycles. The molecule has 2 aliphatic rings. The van der Waals surface area contributed by atoms with Gasteiger partial charge in [0.2, 0.25) is 0 Å². The van der Waals surface area contributed by atoms with E-state index in [-0.39, 0.29) is 10.8 Å². The minimum atomic E-state index is -0.123. The summed E-state index contributed by atoms with van der Waals surface area (Å²) in [6, 6.07) is 98.7. The van der Waals surface area contributed by atoms with Crippen LogP contribution in [0.15, 0.2) is 267 Å². The van der Waals surface area contributed by atoms with Crippen LogP contribution in [0.1, 0.15) is 49.9 Å². The normalized spacial score (nSPS) is 13.3. The summed E-state index contributed by atoms with van der Waals surface area (Å²) in [5, 5.41) is 0. The van der Waals surface area contributed by atoms with Crippen molar-refractivity contribution in [3.05, 3.63) is 289 Å². The second-order valence-electron chi connectivity index (χ2n) is 21.7. The van der Waals surface area contributed by atoms with Gasteiger partial charge >= 0.3 is 0 Å². The Morgan fingerprint density at radius 1 is 0.231 bits per heavy atom. The molecule has 0 bridgehead atoms. The van der Waals surface area contributed by atoms with Crippen molar-refractivity contribution in [1.82, 2.24) is 0 Å². The number of fused-ring (bicyclic) bond motifs is 6. The van der Waals surface area contributed by atoms with Crippen molar-refractivity contribution in [1.29, 1.82) is 0 Å². The first-order valence-corrected chi connectivity index (χ1v) is 28.6. The third-order valence-corrected chi connectivity index (χ3v) is 18.8. The molecule has 78 heavy (non-hydrogen) atoms. The average Bonchev–Trinajstić information content (AvgIpc) is 4.47. The van der Waals surface area contributed by atoms with Crippen LogP contribution in [-0.4, -0.2) is 0 Å². The average molecular weight is 1040 g/mol. The number of anilines is 6. The Morgan fingerprint density at radius 3 is 0.846 bits per heavy atom. The standard InChI is InChI=1S/C74H56N2S2/c1-73(2)65-21-13-11-19-61(65)63-41-39-59(47-67(63)73)75(57-35-27-53(28-36-57)71-45-43-69(77-71)51-15-7-5-8-16-51)55-31-23-49(24-32-55)50-25-33-56(34-26-50)76(60-40-42-64-62-20-12-14-22-66(62)74(3,4)68(64)48-60)58-37-29-54(30-38-58)72-46-44-70(78-72)52-17-9-6-10-18-52/h5-48H,1-4H3.